The lowest BCUT2D eigenvalue weighted by atomic mass is 9.85. The quantitative estimate of drug-likeness (QED) is 0.535. The number of aliphatic imine (C=N–C) groups is 2. The van der Waals surface area contributed by atoms with Crippen LogP contribution >= 0.6 is 0 Å². The van der Waals surface area contributed by atoms with Crippen LogP contribution in [0.15, 0.2) is 33.8 Å². The van der Waals surface area contributed by atoms with Gasteiger partial charge >= 0.3 is 0 Å². The summed E-state index contributed by atoms with van der Waals surface area (Å²) in [5.74, 6) is 0. The molecule has 0 saturated carbocycles. The highest BCUT2D eigenvalue weighted by Gasteiger charge is 2.26. The first kappa shape index (κ1) is 12.3. The molecule has 84 valence electrons. The average Bonchev–Trinajstić information content (AvgIpc) is 2.30. The zero-order valence-corrected chi connectivity index (χ0v) is 9.43. The first-order valence-electron chi connectivity index (χ1n) is 5.23. The number of rotatable bonds is 4. The maximum atomic E-state index is 10.3. The summed E-state index contributed by atoms with van der Waals surface area (Å²) in [6.45, 7) is 3.79. The van der Waals surface area contributed by atoms with Crippen molar-refractivity contribution in [3.63, 3.8) is 0 Å². The molecule has 0 aliphatic heterocycles. The molecular formula is C12H14N2O2. The summed E-state index contributed by atoms with van der Waals surface area (Å²) in [5.41, 5.74) is 0.490. The number of isocyanates is 2. The summed E-state index contributed by atoms with van der Waals surface area (Å²) in [4.78, 5) is 27.9. The van der Waals surface area contributed by atoms with Crippen molar-refractivity contribution in [2.75, 3.05) is 0 Å². The monoisotopic (exact) mass is 218 g/mol. The van der Waals surface area contributed by atoms with Crippen molar-refractivity contribution in [3.8, 4) is 0 Å². The van der Waals surface area contributed by atoms with Crippen LogP contribution in [0.2, 0.25) is 0 Å². The fourth-order valence-corrected chi connectivity index (χ4v) is 1.66. The molecule has 0 amide bonds. The summed E-state index contributed by atoms with van der Waals surface area (Å²) >= 11 is 0. The molecule has 0 radical (unpaired) electrons. The Labute approximate surface area is 94.5 Å². The van der Waals surface area contributed by atoms with E-state index in [9.17, 15) is 9.59 Å². The molecule has 16 heavy (non-hydrogen) atoms. The number of hydrogen-bond donors (Lipinski definition) is 0. The Kier molecular flexibility index (Phi) is 4.12. The molecular weight excluding hydrogens is 204 g/mol. The van der Waals surface area contributed by atoms with E-state index >= 15 is 0 Å². The second-order valence-electron chi connectivity index (χ2n) is 3.80. The van der Waals surface area contributed by atoms with Gasteiger partial charge in [0.2, 0.25) is 12.2 Å². The van der Waals surface area contributed by atoms with Crippen LogP contribution < -0.4 is 0 Å². The molecule has 2 atom stereocenters. The van der Waals surface area contributed by atoms with E-state index in [4.69, 9.17) is 0 Å². The van der Waals surface area contributed by atoms with E-state index in [1.807, 2.05) is 32.1 Å². The van der Waals surface area contributed by atoms with Gasteiger partial charge in [-0.1, -0.05) is 25.2 Å². The van der Waals surface area contributed by atoms with Gasteiger partial charge in [0.25, 0.3) is 0 Å². The van der Waals surface area contributed by atoms with Crippen LogP contribution in [0.25, 0.3) is 0 Å². The summed E-state index contributed by atoms with van der Waals surface area (Å²) in [6, 6.07) is -0.191. The maximum Gasteiger partial charge on any atom is 0.235 e. The van der Waals surface area contributed by atoms with Crippen LogP contribution in [-0.4, -0.2) is 23.7 Å². The van der Waals surface area contributed by atoms with Gasteiger partial charge in [0.1, 0.15) is 0 Å². The van der Waals surface area contributed by atoms with Gasteiger partial charge in [-0.2, -0.15) is 9.98 Å². The predicted molar refractivity (Wildman–Crippen MR) is 60.6 cm³/mol. The Morgan fingerprint density at radius 2 is 2.25 bits per heavy atom. The van der Waals surface area contributed by atoms with Gasteiger partial charge in [-0.15, -0.1) is 0 Å². The number of nitrogens with zero attached hydrogens (tertiary/aromatic N) is 2. The Bertz CT molecular complexity index is 413. The molecule has 4 heteroatoms. The Morgan fingerprint density at radius 3 is 2.69 bits per heavy atom. The molecule has 0 aromatic rings. The summed E-state index contributed by atoms with van der Waals surface area (Å²) in [5, 5.41) is 0. The molecule has 0 saturated heterocycles. The first-order chi connectivity index (χ1) is 7.67. The SMILES string of the molecule is CCC1(N=C=O)C=CC(C(C)N=C=O)=CC1. The Hall–Kier alpha value is -1.76. The van der Waals surface area contributed by atoms with Crippen molar-refractivity contribution in [3.05, 3.63) is 23.8 Å². The van der Waals surface area contributed by atoms with E-state index < -0.39 is 5.54 Å². The van der Waals surface area contributed by atoms with Crippen molar-refractivity contribution in [1.82, 2.24) is 0 Å². The molecule has 2 unspecified atom stereocenters. The molecule has 1 aliphatic carbocycles. The predicted octanol–water partition coefficient (Wildman–Crippen LogP) is 2.08. The third kappa shape index (κ3) is 2.63. The zero-order chi connectivity index (χ0) is 12.0. The Morgan fingerprint density at radius 1 is 1.50 bits per heavy atom. The molecule has 4 nitrogen and oxygen atoms in total. The fraction of sp³-hybridized carbons (Fsp3) is 0.500. The molecule has 1 aliphatic rings. The topological polar surface area (TPSA) is 58.9 Å². The molecule has 0 bridgehead atoms. The molecule has 0 N–H and O–H groups in total. The normalized spacial score (nSPS) is 25.0. The van der Waals surface area contributed by atoms with Crippen molar-refractivity contribution < 1.29 is 9.59 Å². The van der Waals surface area contributed by atoms with Crippen LogP contribution in [0.4, 0.5) is 0 Å². The van der Waals surface area contributed by atoms with E-state index in [1.165, 1.54) is 6.08 Å². The minimum atomic E-state index is -0.462. The molecule has 0 heterocycles. The largest absolute Gasteiger partial charge is 0.235 e. The van der Waals surface area contributed by atoms with Gasteiger partial charge in [-0.3, -0.25) is 0 Å². The third-order valence-corrected chi connectivity index (χ3v) is 2.89. The lowest BCUT2D eigenvalue weighted by Gasteiger charge is -2.25. The molecule has 1 rings (SSSR count). The van der Waals surface area contributed by atoms with Gasteiger partial charge in [0.05, 0.1) is 11.6 Å². The molecule has 0 aromatic carbocycles. The lowest BCUT2D eigenvalue weighted by Crippen LogP contribution is -2.24. The maximum absolute atomic E-state index is 10.3. The van der Waals surface area contributed by atoms with E-state index in [2.05, 4.69) is 9.98 Å². The minimum absolute atomic E-state index is 0.191. The van der Waals surface area contributed by atoms with E-state index in [-0.39, 0.29) is 6.04 Å². The van der Waals surface area contributed by atoms with Gasteiger partial charge in [0, 0.05) is 0 Å². The summed E-state index contributed by atoms with van der Waals surface area (Å²) in [7, 11) is 0. The molecule has 0 aromatic heterocycles. The Balaban J connectivity index is 2.86. The van der Waals surface area contributed by atoms with Crippen molar-refractivity contribution in [1.29, 1.82) is 0 Å². The second-order valence-corrected chi connectivity index (χ2v) is 3.80. The standard InChI is InChI=1S/C12H14N2O2/c1-3-12(14-9-16)6-4-11(5-7-12)10(2)13-8-15/h4-6,10H,3,7H2,1-2H3. The fourth-order valence-electron chi connectivity index (χ4n) is 1.66. The summed E-state index contributed by atoms with van der Waals surface area (Å²) in [6.07, 6.45) is 10.2. The van der Waals surface area contributed by atoms with Gasteiger partial charge in [-0.05, 0) is 25.3 Å². The van der Waals surface area contributed by atoms with Crippen molar-refractivity contribution >= 4 is 12.2 Å². The van der Waals surface area contributed by atoms with Crippen LogP contribution in [0.3, 0.4) is 0 Å². The summed E-state index contributed by atoms with van der Waals surface area (Å²) < 4.78 is 0. The lowest BCUT2D eigenvalue weighted by molar-refractivity contribution is 0.496. The third-order valence-electron chi connectivity index (χ3n) is 2.89. The van der Waals surface area contributed by atoms with Crippen LogP contribution in [0.5, 0.6) is 0 Å². The smallest absolute Gasteiger partial charge is 0.211 e. The van der Waals surface area contributed by atoms with Gasteiger partial charge in [0.15, 0.2) is 0 Å². The van der Waals surface area contributed by atoms with E-state index in [0.29, 0.717) is 6.42 Å². The average molecular weight is 218 g/mol. The van der Waals surface area contributed by atoms with E-state index in [1.54, 1.807) is 6.08 Å². The zero-order valence-electron chi connectivity index (χ0n) is 9.43. The number of carbonyl (C=O) groups excluding carboxylic acids is 2. The minimum Gasteiger partial charge on any atom is -0.211 e. The second kappa shape index (κ2) is 5.36. The molecule has 0 fully saturated rings. The van der Waals surface area contributed by atoms with Crippen LogP contribution in [0.1, 0.15) is 26.7 Å². The van der Waals surface area contributed by atoms with E-state index in [0.717, 1.165) is 12.0 Å². The van der Waals surface area contributed by atoms with Gasteiger partial charge in [-0.25, -0.2) is 9.59 Å². The van der Waals surface area contributed by atoms with Crippen LogP contribution in [0, 0.1) is 0 Å². The molecule has 0 spiro atoms. The van der Waals surface area contributed by atoms with Gasteiger partial charge < -0.3 is 0 Å². The highest BCUT2D eigenvalue weighted by atomic mass is 16.1. The first-order valence-corrected chi connectivity index (χ1v) is 5.23. The highest BCUT2D eigenvalue weighted by molar-refractivity contribution is 5.42. The van der Waals surface area contributed by atoms with Crippen LogP contribution in [-0.2, 0) is 9.59 Å². The highest BCUT2D eigenvalue weighted by Crippen LogP contribution is 2.29. The van der Waals surface area contributed by atoms with Crippen molar-refractivity contribution in [2.45, 2.75) is 38.3 Å². The number of hydrogen-bond acceptors (Lipinski definition) is 4. The van der Waals surface area contributed by atoms with Crippen molar-refractivity contribution in [2.24, 2.45) is 9.98 Å².